The van der Waals surface area contributed by atoms with E-state index in [-0.39, 0.29) is 0 Å². The van der Waals surface area contributed by atoms with Gasteiger partial charge in [0.25, 0.3) is 0 Å². The van der Waals surface area contributed by atoms with E-state index < -0.39 is 11.5 Å². The summed E-state index contributed by atoms with van der Waals surface area (Å²) in [5, 5.41) is 13.3. The van der Waals surface area contributed by atoms with Crippen LogP contribution in [0.3, 0.4) is 0 Å². The Morgan fingerprint density at radius 3 is 2.67 bits per heavy atom. The normalized spacial score (nSPS) is 38.9. The van der Waals surface area contributed by atoms with Crippen molar-refractivity contribution in [2.45, 2.75) is 82.3 Å². The number of hydrogen-bond donors (Lipinski definition) is 2. The summed E-state index contributed by atoms with van der Waals surface area (Å²) >= 11 is 0. The van der Waals surface area contributed by atoms with Crippen molar-refractivity contribution in [2.75, 3.05) is 13.1 Å². The fraction of sp³-hybridized carbons (Fsp3) is 0.941. The Balaban J connectivity index is 1.66. The molecule has 4 nitrogen and oxygen atoms in total. The molecule has 3 atom stereocenters. The highest BCUT2D eigenvalue weighted by molar-refractivity contribution is 5.79. The molecule has 2 aliphatic carbocycles. The van der Waals surface area contributed by atoms with Crippen LogP contribution in [0.15, 0.2) is 0 Å². The Bertz CT molecular complexity index is 383. The minimum absolute atomic E-state index is 0.462. The first-order valence-electron chi connectivity index (χ1n) is 8.84. The summed E-state index contributed by atoms with van der Waals surface area (Å²) in [5.41, 5.74) is -0.651. The quantitative estimate of drug-likeness (QED) is 0.837. The predicted octanol–water partition coefficient (Wildman–Crippen LogP) is 2.63. The van der Waals surface area contributed by atoms with Gasteiger partial charge in [0.05, 0.1) is 0 Å². The Kier molecular flexibility index (Phi) is 4.55. The van der Waals surface area contributed by atoms with Gasteiger partial charge in [-0.05, 0) is 76.8 Å². The largest absolute Gasteiger partial charge is 0.480 e. The van der Waals surface area contributed by atoms with Gasteiger partial charge in [0.2, 0.25) is 0 Å². The van der Waals surface area contributed by atoms with Crippen LogP contribution in [-0.2, 0) is 4.79 Å². The number of carboxylic acid groups (broad SMARTS) is 1. The summed E-state index contributed by atoms with van der Waals surface area (Å²) in [6, 6.07) is 0.926. The monoisotopic (exact) mass is 294 g/mol. The number of carbonyl (C=O) groups is 1. The van der Waals surface area contributed by atoms with Gasteiger partial charge in [-0.15, -0.1) is 0 Å². The summed E-state index contributed by atoms with van der Waals surface area (Å²) in [5.74, 6) is 0.203. The molecule has 0 bridgehead atoms. The van der Waals surface area contributed by atoms with Crippen molar-refractivity contribution < 1.29 is 9.90 Å². The van der Waals surface area contributed by atoms with E-state index in [0.29, 0.717) is 12.1 Å². The molecular weight excluding hydrogens is 264 g/mol. The van der Waals surface area contributed by atoms with E-state index in [1.807, 2.05) is 0 Å². The van der Waals surface area contributed by atoms with Gasteiger partial charge in [-0.3, -0.25) is 10.1 Å². The average Bonchev–Trinajstić information content (AvgIpc) is 3.27. The van der Waals surface area contributed by atoms with Crippen LogP contribution in [0.4, 0.5) is 0 Å². The molecule has 3 aliphatic rings. The lowest BCUT2D eigenvalue weighted by atomic mass is 9.78. The standard InChI is InChI=1S/C17H30N2O2/c1-13-4-3-10-19(11-8-13)15-5-2-9-17(12-15,16(20)21)18-14-6-7-14/h13-15,18H,2-12H2,1H3,(H,20,21). The molecule has 1 heterocycles. The molecule has 3 unspecified atom stereocenters. The summed E-state index contributed by atoms with van der Waals surface area (Å²) < 4.78 is 0. The number of nitrogens with zero attached hydrogens (tertiary/aromatic N) is 1. The molecule has 3 rings (SSSR count). The molecule has 1 saturated heterocycles. The van der Waals surface area contributed by atoms with E-state index in [0.717, 1.165) is 51.1 Å². The van der Waals surface area contributed by atoms with Crippen LogP contribution in [0.25, 0.3) is 0 Å². The number of likely N-dealkylation sites (tertiary alicyclic amines) is 1. The fourth-order valence-electron chi connectivity index (χ4n) is 4.21. The smallest absolute Gasteiger partial charge is 0.323 e. The number of aliphatic carboxylic acids is 1. The molecular formula is C17H30N2O2. The van der Waals surface area contributed by atoms with Gasteiger partial charge >= 0.3 is 5.97 Å². The zero-order chi connectivity index (χ0) is 14.9. The Hall–Kier alpha value is -0.610. The molecule has 2 saturated carbocycles. The maximum Gasteiger partial charge on any atom is 0.323 e. The topological polar surface area (TPSA) is 52.6 Å². The van der Waals surface area contributed by atoms with Crippen LogP contribution in [0.1, 0.15) is 64.7 Å². The van der Waals surface area contributed by atoms with Crippen LogP contribution in [0, 0.1) is 5.92 Å². The van der Waals surface area contributed by atoms with Crippen molar-refractivity contribution in [3.63, 3.8) is 0 Å². The highest BCUT2D eigenvalue weighted by Crippen LogP contribution is 2.36. The van der Waals surface area contributed by atoms with Crippen LogP contribution >= 0.6 is 0 Å². The van der Waals surface area contributed by atoms with E-state index in [1.165, 1.54) is 25.7 Å². The minimum atomic E-state index is -0.651. The molecule has 4 heteroatoms. The van der Waals surface area contributed by atoms with Gasteiger partial charge < -0.3 is 10.0 Å². The van der Waals surface area contributed by atoms with E-state index in [1.54, 1.807) is 0 Å². The number of carboxylic acids is 1. The van der Waals surface area contributed by atoms with Crippen molar-refractivity contribution in [3.8, 4) is 0 Å². The first kappa shape index (κ1) is 15.3. The van der Waals surface area contributed by atoms with Crippen LogP contribution in [0.2, 0.25) is 0 Å². The maximum atomic E-state index is 11.9. The van der Waals surface area contributed by atoms with Gasteiger partial charge in [0, 0.05) is 12.1 Å². The second-order valence-corrected chi connectivity index (χ2v) is 7.63. The fourth-order valence-corrected chi connectivity index (χ4v) is 4.21. The van der Waals surface area contributed by atoms with Gasteiger partial charge in [0.15, 0.2) is 0 Å². The Morgan fingerprint density at radius 1 is 1.14 bits per heavy atom. The molecule has 0 radical (unpaired) electrons. The SMILES string of the molecule is CC1CCCN(C2CCCC(NC3CC3)(C(=O)O)C2)CC1. The predicted molar refractivity (Wildman–Crippen MR) is 83.4 cm³/mol. The lowest BCUT2D eigenvalue weighted by Crippen LogP contribution is -2.59. The van der Waals surface area contributed by atoms with E-state index >= 15 is 0 Å². The van der Waals surface area contributed by atoms with E-state index in [9.17, 15) is 9.90 Å². The summed E-state index contributed by atoms with van der Waals surface area (Å²) in [6.45, 7) is 4.67. The summed E-state index contributed by atoms with van der Waals surface area (Å²) in [7, 11) is 0. The van der Waals surface area contributed by atoms with Gasteiger partial charge in [0.1, 0.15) is 5.54 Å². The maximum absolute atomic E-state index is 11.9. The molecule has 3 fully saturated rings. The van der Waals surface area contributed by atoms with Crippen LogP contribution in [-0.4, -0.2) is 46.7 Å². The van der Waals surface area contributed by atoms with Crippen molar-refractivity contribution in [3.05, 3.63) is 0 Å². The van der Waals surface area contributed by atoms with Gasteiger partial charge in [-0.1, -0.05) is 6.92 Å². The molecule has 0 amide bonds. The third-order valence-electron chi connectivity index (χ3n) is 5.76. The zero-order valence-corrected chi connectivity index (χ0v) is 13.3. The van der Waals surface area contributed by atoms with E-state index in [2.05, 4.69) is 17.1 Å². The lowest BCUT2D eigenvalue weighted by Gasteiger charge is -2.43. The van der Waals surface area contributed by atoms with Gasteiger partial charge in [-0.25, -0.2) is 0 Å². The highest BCUT2D eigenvalue weighted by Gasteiger charge is 2.46. The molecule has 120 valence electrons. The second kappa shape index (κ2) is 6.25. The molecule has 21 heavy (non-hydrogen) atoms. The van der Waals surface area contributed by atoms with E-state index in [4.69, 9.17) is 0 Å². The highest BCUT2D eigenvalue weighted by atomic mass is 16.4. The molecule has 1 aliphatic heterocycles. The van der Waals surface area contributed by atoms with Crippen LogP contribution in [0.5, 0.6) is 0 Å². The number of hydrogen-bond acceptors (Lipinski definition) is 3. The third-order valence-corrected chi connectivity index (χ3v) is 5.76. The number of rotatable bonds is 4. The first-order chi connectivity index (χ1) is 10.1. The lowest BCUT2D eigenvalue weighted by molar-refractivity contribution is -0.147. The summed E-state index contributed by atoms with van der Waals surface area (Å²) in [6.07, 6.45) is 10.0. The number of nitrogens with one attached hydrogen (secondary N) is 1. The average molecular weight is 294 g/mol. The molecule has 2 N–H and O–H groups in total. The first-order valence-corrected chi connectivity index (χ1v) is 8.84. The van der Waals surface area contributed by atoms with Crippen molar-refractivity contribution in [2.24, 2.45) is 5.92 Å². The Morgan fingerprint density at radius 2 is 1.95 bits per heavy atom. The second-order valence-electron chi connectivity index (χ2n) is 7.63. The van der Waals surface area contributed by atoms with Crippen LogP contribution < -0.4 is 5.32 Å². The Labute approximate surface area is 128 Å². The summed E-state index contributed by atoms with van der Waals surface area (Å²) in [4.78, 5) is 14.5. The van der Waals surface area contributed by atoms with Crippen molar-refractivity contribution >= 4 is 5.97 Å². The molecule has 0 aromatic carbocycles. The third kappa shape index (κ3) is 3.59. The molecule has 0 spiro atoms. The zero-order valence-electron chi connectivity index (χ0n) is 13.3. The molecule has 0 aromatic heterocycles. The minimum Gasteiger partial charge on any atom is -0.480 e. The van der Waals surface area contributed by atoms with Gasteiger partial charge in [-0.2, -0.15) is 0 Å². The van der Waals surface area contributed by atoms with Crippen molar-refractivity contribution in [1.29, 1.82) is 0 Å². The molecule has 0 aromatic rings. The van der Waals surface area contributed by atoms with Crippen molar-refractivity contribution in [1.82, 2.24) is 10.2 Å².